The van der Waals surface area contributed by atoms with Gasteiger partial charge in [0.1, 0.15) is 0 Å². The number of aliphatic hydroxyl groups excluding tert-OH is 1. The molecule has 0 aliphatic heterocycles. The lowest BCUT2D eigenvalue weighted by Gasteiger charge is -2.63. The van der Waals surface area contributed by atoms with E-state index in [4.69, 9.17) is 0 Å². The molecular weight excluding hydrogens is 456 g/mol. The van der Waals surface area contributed by atoms with Crippen LogP contribution in [0.4, 0.5) is 0 Å². The van der Waals surface area contributed by atoms with Gasteiger partial charge in [0, 0.05) is 0 Å². The number of fused-ring (bicyclic) bond motifs is 5. The van der Waals surface area contributed by atoms with E-state index < -0.39 is 0 Å². The van der Waals surface area contributed by atoms with Crippen LogP contribution in [0.2, 0.25) is 0 Å². The lowest BCUT2D eigenvalue weighted by molar-refractivity contribution is -0.152. The lowest BCUT2D eigenvalue weighted by Crippen LogP contribution is -2.56. The molecule has 4 aliphatic carbocycles. The third-order valence-corrected chi connectivity index (χ3v) is 11.9. The van der Waals surface area contributed by atoms with Gasteiger partial charge < -0.3 is 5.11 Å². The van der Waals surface area contributed by atoms with Crippen molar-refractivity contribution in [2.24, 2.45) is 58.2 Å². The zero-order valence-corrected chi connectivity index (χ0v) is 23.3. The fraction of sp³-hybridized carbons (Fsp3) is 0.933. The summed E-state index contributed by atoms with van der Waals surface area (Å²) in [5, 5.41) is 10.9. The maximum Gasteiger partial charge on any atom is 0.0574 e. The van der Waals surface area contributed by atoms with Crippen molar-refractivity contribution in [2.45, 2.75) is 118 Å². The van der Waals surface area contributed by atoms with Crippen molar-refractivity contribution in [2.75, 3.05) is 0 Å². The molecule has 4 rings (SSSR count). The summed E-state index contributed by atoms with van der Waals surface area (Å²) in [6.45, 7) is 16.8. The van der Waals surface area contributed by atoms with E-state index in [9.17, 15) is 5.11 Å². The minimum absolute atomic E-state index is 0.129. The van der Waals surface area contributed by atoms with Gasteiger partial charge in [-0.3, -0.25) is 0 Å². The molecule has 0 bridgehead atoms. The number of aliphatic hydroxyl groups is 1. The first-order valence-electron chi connectivity index (χ1n) is 14.1. The Bertz CT molecular complexity index is 672. The Hall–Kier alpha value is 0.180. The minimum atomic E-state index is -0.129. The molecule has 184 valence electrons. The summed E-state index contributed by atoms with van der Waals surface area (Å²) in [7, 11) is 0. The highest BCUT2D eigenvalue weighted by Crippen LogP contribution is 2.69. The van der Waals surface area contributed by atoms with Crippen LogP contribution in [0, 0.1) is 58.2 Å². The van der Waals surface area contributed by atoms with Gasteiger partial charge >= 0.3 is 0 Å². The van der Waals surface area contributed by atoms with Gasteiger partial charge in [0.05, 0.1) is 6.10 Å². The highest BCUT2D eigenvalue weighted by molar-refractivity contribution is 9.11. The normalized spacial score (nSPS) is 46.9. The number of allylic oxidation sites excluding steroid dienone is 1. The summed E-state index contributed by atoms with van der Waals surface area (Å²) < 4.78 is 1.08. The van der Waals surface area contributed by atoms with E-state index in [0.29, 0.717) is 22.7 Å². The van der Waals surface area contributed by atoms with E-state index in [1.807, 2.05) is 0 Å². The van der Waals surface area contributed by atoms with Crippen LogP contribution in [0.15, 0.2) is 11.1 Å². The Morgan fingerprint density at radius 2 is 1.56 bits per heavy atom. The van der Waals surface area contributed by atoms with Crippen LogP contribution in [0.25, 0.3) is 0 Å². The van der Waals surface area contributed by atoms with Gasteiger partial charge in [-0.15, -0.1) is 0 Å². The van der Waals surface area contributed by atoms with Gasteiger partial charge in [-0.25, -0.2) is 0 Å². The van der Waals surface area contributed by atoms with E-state index in [0.717, 1.165) is 52.8 Å². The first kappa shape index (κ1) is 25.3. The fourth-order valence-corrected chi connectivity index (χ4v) is 10.4. The number of hydrogen-bond donors (Lipinski definition) is 1. The Kier molecular flexibility index (Phi) is 7.64. The second-order valence-corrected chi connectivity index (χ2v) is 14.7. The van der Waals surface area contributed by atoms with Crippen molar-refractivity contribution in [1.82, 2.24) is 0 Å². The predicted octanol–water partition coefficient (Wildman–Crippen LogP) is 8.99. The Morgan fingerprint density at radius 3 is 2.25 bits per heavy atom. The molecule has 4 fully saturated rings. The van der Waals surface area contributed by atoms with E-state index >= 15 is 0 Å². The van der Waals surface area contributed by atoms with Crippen LogP contribution in [0.1, 0.15) is 112 Å². The summed E-state index contributed by atoms with van der Waals surface area (Å²) in [4.78, 5) is 0. The third-order valence-electron chi connectivity index (χ3n) is 11.6. The van der Waals surface area contributed by atoms with E-state index in [1.54, 1.807) is 0 Å². The number of halogens is 1. The molecule has 0 radical (unpaired) electrons. The SMILES string of the molecule is C=C(Br)C[C@@H]1[C@H](O)CC[C@@]2(C)[C@H]1CC[C@@H]1[C@@H]2CC[C@]2(C)[C@@H]([C@H](C)CCCC(C)C)CC[C@@H]12. The minimum Gasteiger partial charge on any atom is -0.393 e. The van der Waals surface area contributed by atoms with Crippen molar-refractivity contribution in [3.63, 3.8) is 0 Å². The molecule has 2 heteroatoms. The third kappa shape index (κ3) is 4.43. The van der Waals surface area contributed by atoms with Crippen molar-refractivity contribution >= 4 is 15.9 Å². The molecule has 0 aromatic heterocycles. The molecule has 0 heterocycles. The summed E-state index contributed by atoms with van der Waals surface area (Å²) in [5.74, 6) is 6.55. The van der Waals surface area contributed by atoms with Crippen LogP contribution in [0.3, 0.4) is 0 Å². The van der Waals surface area contributed by atoms with Crippen LogP contribution in [-0.4, -0.2) is 11.2 Å². The van der Waals surface area contributed by atoms with E-state index in [1.165, 1.54) is 64.2 Å². The monoisotopic (exact) mass is 506 g/mol. The molecule has 0 saturated heterocycles. The van der Waals surface area contributed by atoms with Gasteiger partial charge in [-0.2, -0.15) is 0 Å². The highest BCUT2D eigenvalue weighted by Gasteiger charge is 2.61. The molecule has 32 heavy (non-hydrogen) atoms. The Morgan fingerprint density at radius 1 is 0.906 bits per heavy atom. The van der Waals surface area contributed by atoms with Gasteiger partial charge in [0.15, 0.2) is 0 Å². The Balaban J connectivity index is 1.49. The van der Waals surface area contributed by atoms with Gasteiger partial charge in [0.25, 0.3) is 0 Å². The van der Waals surface area contributed by atoms with Crippen molar-refractivity contribution in [1.29, 1.82) is 0 Å². The van der Waals surface area contributed by atoms with Gasteiger partial charge in [-0.05, 0) is 120 Å². The average molecular weight is 508 g/mol. The van der Waals surface area contributed by atoms with Crippen LogP contribution in [0.5, 0.6) is 0 Å². The first-order chi connectivity index (χ1) is 15.1. The molecule has 0 aromatic rings. The molecule has 4 saturated carbocycles. The summed E-state index contributed by atoms with van der Waals surface area (Å²) in [6.07, 6.45) is 15.9. The van der Waals surface area contributed by atoms with Crippen molar-refractivity contribution in [3.05, 3.63) is 11.1 Å². The summed E-state index contributed by atoms with van der Waals surface area (Å²) >= 11 is 3.62. The largest absolute Gasteiger partial charge is 0.393 e. The quantitative estimate of drug-likeness (QED) is 0.365. The fourth-order valence-electron chi connectivity index (χ4n) is 10.1. The second-order valence-electron chi connectivity index (χ2n) is 13.6. The van der Waals surface area contributed by atoms with Crippen LogP contribution < -0.4 is 0 Å². The van der Waals surface area contributed by atoms with Crippen molar-refractivity contribution < 1.29 is 5.11 Å². The van der Waals surface area contributed by atoms with Gasteiger partial charge in [0.2, 0.25) is 0 Å². The molecule has 1 N–H and O–H groups in total. The molecule has 1 nitrogen and oxygen atoms in total. The average Bonchev–Trinajstić information content (AvgIpc) is 3.07. The molecule has 10 atom stereocenters. The maximum atomic E-state index is 10.9. The molecule has 0 unspecified atom stereocenters. The molecular formula is C30H51BrO. The summed E-state index contributed by atoms with van der Waals surface area (Å²) in [6, 6.07) is 0. The lowest BCUT2D eigenvalue weighted by atomic mass is 9.43. The molecule has 0 aromatic carbocycles. The van der Waals surface area contributed by atoms with E-state index in [-0.39, 0.29) is 6.10 Å². The first-order valence-corrected chi connectivity index (χ1v) is 14.9. The molecule has 4 aliphatic rings. The number of rotatable bonds is 7. The smallest absolute Gasteiger partial charge is 0.0574 e. The number of hydrogen-bond acceptors (Lipinski definition) is 1. The summed E-state index contributed by atoms with van der Waals surface area (Å²) in [5.41, 5.74) is 1.01. The maximum absolute atomic E-state index is 10.9. The molecule has 0 spiro atoms. The van der Waals surface area contributed by atoms with Crippen LogP contribution in [-0.2, 0) is 0 Å². The van der Waals surface area contributed by atoms with E-state index in [2.05, 4.69) is 57.1 Å². The van der Waals surface area contributed by atoms with Crippen LogP contribution >= 0.6 is 15.9 Å². The molecule has 0 amide bonds. The predicted molar refractivity (Wildman–Crippen MR) is 141 cm³/mol. The zero-order chi connectivity index (χ0) is 23.3. The second kappa shape index (κ2) is 9.67. The topological polar surface area (TPSA) is 20.2 Å². The van der Waals surface area contributed by atoms with Crippen molar-refractivity contribution in [3.8, 4) is 0 Å². The van der Waals surface area contributed by atoms with Gasteiger partial charge in [-0.1, -0.05) is 76.4 Å². The Labute approximate surface area is 207 Å². The zero-order valence-electron chi connectivity index (χ0n) is 21.7. The highest BCUT2D eigenvalue weighted by atomic mass is 79.9. The standard InChI is InChI=1S/C30H51BrO/c1-19(2)8-7-9-20(3)24-12-13-25-22-10-11-26-23(18-21(4)31)28(32)15-17-30(26,6)27(22)14-16-29(24,25)5/h19-20,22-28,32H,4,7-18H2,1-3,5-6H3/t20-,22+,23+,24-,25+,26+,27+,28-,29-,30+/m1/s1.